The smallest absolute Gasteiger partial charge is 0.401 e. The van der Waals surface area contributed by atoms with Gasteiger partial charge in [-0.05, 0) is 31.7 Å². The van der Waals surface area contributed by atoms with Gasteiger partial charge in [-0.3, -0.25) is 9.89 Å². The number of rotatable bonds is 6. The zero-order valence-electron chi connectivity index (χ0n) is 15.6. The summed E-state index contributed by atoms with van der Waals surface area (Å²) in [5.41, 5.74) is 1.04. The van der Waals surface area contributed by atoms with E-state index in [0.717, 1.165) is 24.2 Å². The van der Waals surface area contributed by atoms with E-state index in [2.05, 4.69) is 15.6 Å². The molecule has 2 N–H and O–H groups in total. The third-order valence-corrected chi connectivity index (χ3v) is 5.00. The maximum atomic E-state index is 12.5. The van der Waals surface area contributed by atoms with Gasteiger partial charge < -0.3 is 15.4 Å². The number of hydrogen-bond donors (Lipinski definition) is 2. The Hall–Kier alpha value is -1.96. The van der Waals surface area contributed by atoms with Crippen LogP contribution in [0.2, 0.25) is 0 Å². The molecule has 2 fully saturated rings. The maximum absolute atomic E-state index is 12.5. The quantitative estimate of drug-likeness (QED) is 0.585. The van der Waals surface area contributed by atoms with Gasteiger partial charge in [-0.2, -0.15) is 13.2 Å². The van der Waals surface area contributed by atoms with Crippen LogP contribution in [0.1, 0.15) is 31.2 Å². The Bertz CT molecular complexity index is 646. The first-order valence-electron chi connectivity index (χ1n) is 9.44. The molecule has 1 saturated carbocycles. The number of para-hydroxylation sites is 1. The second-order valence-electron chi connectivity index (χ2n) is 7.18. The Morgan fingerprint density at radius 3 is 2.70 bits per heavy atom. The lowest BCUT2D eigenvalue weighted by molar-refractivity contribution is -0.143. The third-order valence-electron chi connectivity index (χ3n) is 5.00. The van der Waals surface area contributed by atoms with Gasteiger partial charge in [-0.1, -0.05) is 18.2 Å². The van der Waals surface area contributed by atoms with E-state index < -0.39 is 12.7 Å². The summed E-state index contributed by atoms with van der Waals surface area (Å²) in [7, 11) is 1.66. The van der Waals surface area contributed by atoms with Gasteiger partial charge in [0.25, 0.3) is 0 Å². The molecule has 0 radical (unpaired) electrons. The number of alkyl halides is 3. The summed E-state index contributed by atoms with van der Waals surface area (Å²) in [5.74, 6) is 1.47. The first kappa shape index (κ1) is 19.8. The summed E-state index contributed by atoms with van der Waals surface area (Å²) in [6, 6.07) is 7.86. The zero-order chi connectivity index (χ0) is 19.3. The molecule has 3 rings (SSSR count). The molecule has 150 valence electrons. The number of guanidine groups is 1. The highest BCUT2D eigenvalue weighted by Gasteiger charge is 2.34. The fourth-order valence-electron chi connectivity index (χ4n) is 3.35. The van der Waals surface area contributed by atoms with Gasteiger partial charge in [0.1, 0.15) is 5.75 Å². The second-order valence-corrected chi connectivity index (χ2v) is 7.18. The third kappa shape index (κ3) is 6.02. The molecule has 0 amide bonds. The first-order valence-corrected chi connectivity index (χ1v) is 9.44. The number of nitrogens with zero attached hydrogens (tertiary/aromatic N) is 2. The summed E-state index contributed by atoms with van der Waals surface area (Å²) in [6.07, 6.45) is 0.231. The molecule has 1 aromatic rings. The van der Waals surface area contributed by atoms with Gasteiger partial charge in [0.05, 0.1) is 12.6 Å². The number of hydrogen-bond acceptors (Lipinski definition) is 3. The van der Waals surface area contributed by atoms with Crippen molar-refractivity contribution in [1.82, 2.24) is 15.5 Å². The van der Waals surface area contributed by atoms with Crippen LogP contribution in [0.4, 0.5) is 13.2 Å². The number of nitrogens with one attached hydrogen (secondary N) is 2. The SMILES string of the molecule is CN=C(NCc1ccccc1OC1CCC1)NC1CCN(CC(F)(F)F)C1. The Morgan fingerprint density at radius 1 is 1.26 bits per heavy atom. The minimum atomic E-state index is -4.15. The van der Waals surface area contributed by atoms with Gasteiger partial charge in [0.2, 0.25) is 0 Å². The van der Waals surface area contributed by atoms with Crippen molar-refractivity contribution in [2.24, 2.45) is 4.99 Å². The van der Waals surface area contributed by atoms with E-state index in [1.54, 1.807) is 7.05 Å². The molecule has 0 spiro atoms. The van der Waals surface area contributed by atoms with Crippen molar-refractivity contribution in [2.75, 3.05) is 26.7 Å². The molecular formula is C19H27F3N4O. The lowest BCUT2D eigenvalue weighted by Crippen LogP contribution is -2.45. The predicted octanol–water partition coefficient (Wildman–Crippen LogP) is 2.92. The van der Waals surface area contributed by atoms with Crippen molar-refractivity contribution in [3.8, 4) is 5.75 Å². The number of aliphatic imine (C=N–C) groups is 1. The topological polar surface area (TPSA) is 48.9 Å². The van der Waals surface area contributed by atoms with Crippen molar-refractivity contribution < 1.29 is 17.9 Å². The molecule has 2 aliphatic rings. The van der Waals surface area contributed by atoms with Crippen LogP contribution in [0.25, 0.3) is 0 Å². The van der Waals surface area contributed by atoms with Crippen LogP contribution in [0.5, 0.6) is 5.75 Å². The molecule has 0 bridgehead atoms. The lowest BCUT2D eigenvalue weighted by Gasteiger charge is -2.27. The highest BCUT2D eigenvalue weighted by molar-refractivity contribution is 5.80. The molecule has 27 heavy (non-hydrogen) atoms. The molecule has 1 aliphatic carbocycles. The largest absolute Gasteiger partial charge is 0.490 e. The average molecular weight is 384 g/mol. The number of halogens is 3. The van der Waals surface area contributed by atoms with Crippen LogP contribution < -0.4 is 15.4 Å². The van der Waals surface area contributed by atoms with Gasteiger partial charge >= 0.3 is 6.18 Å². The molecule has 5 nitrogen and oxygen atoms in total. The fourth-order valence-corrected chi connectivity index (χ4v) is 3.35. The number of likely N-dealkylation sites (tertiary alicyclic amines) is 1. The van der Waals surface area contributed by atoms with Gasteiger partial charge in [0.15, 0.2) is 5.96 Å². The van der Waals surface area contributed by atoms with Gasteiger partial charge in [0, 0.05) is 38.3 Å². The van der Waals surface area contributed by atoms with E-state index in [1.165, 1.54) is 11.3 Å². The van der Waals surface area contributed by atoms with Crippen LogP contribution in [0.15, 0.2) is 29.3 Å². The van der Waals surface area contributed by atoms with Crippen molar-refractivity contribution in [3.63, 3.8) is 0 Å². The van der Waals surface area contributed by atoms with Gasteiger partial charge in [-0.15, -0.1) is 0 Å². The normalized spacial score (nSPS) is 21.8. The summed E-state index contributed by atoms with van der Waals surface area (Å²) in [6.45, 7) is 0.485. The summed E-state index contributed by atoms with van der Waals surface area (Å²) >= 11 is 0. The lowest BCUT2D eigenvalue weighted by atomic mass is 9.96. The van der Waals surface area contributed by atoms with Crippen LogP contribution >= 0.6 is 0 Å². The Morgan fingerprint density at radius 2 is 2.04 bits per heavy atom. The van der Waals surface area contributed by atoms with Crippen molar-refractivity contribution in [3.05, 3.63) is 29.8 Å². The molecule has 0 aromatic heterocycles. The molecule has 1 heterocycles. The van der Waals surface area contributed by atoms with E-state index in [4.69, 9.17) is 4.74 Å². The summed E-state index contributed by atoms with van der Waals surface area (Å²) in [4.78, 5) is 5.62. The molecule has 1 aliphatic heterocycles. The van der Waals surface area contributed by atoms with Gasteiger partial charge in [-0.25, -0.2) is 0 Å². The summed E-state index contributed by atoms with van der Waals surface area (Å²) in [5, 5.41) is 6.47. The van der Waals surface area contributed by atoms with E-state index >= 15 is 0 Å². The Kier molecular flexibility index (Phi) is 6.46. The van der Waals surface area contributed by atoms with E-state index in [9.17, 15) is 13.2 Å². The van der Waals surface area contributed by atoms with Crippen LogP contribution in [-0.2, 0) is 6.54 Å². The highest BCUT2D eigenvalue weighted by Crippen LogP contribution is 2.27. The Labute approximate surface area is 158 Å². The first-order chi connectivity index (χ1) is 12.9. The number of ether oxygens (including phenoxy) is 1. The molecule has 1 saturated heterocycles. The van der Waals surface area contributed by atoms with Crippen LogP contribution in [0.3, 0.4) is 0 Å². The minimum absolute atomic E-state index is 0.0416. The average Bonchev–Trinajstić information content (AvgIpc) is 3.00. The number of benzene rings is 1. The molecule has 1 atom stereocenters. The Balaban J connectivity index is 1.49. The summed E-state index contributed by atoms with van der Waals surface area (Å²) < 4.78 is 43.6. The van der Waals surface area contributed by atoms with Crippen LogP contribution in [-0.4, -0.2) is 55.9 Å². The minimum Gasteiger partial charge on any atom is -0.490 e. The molecule has 1 aromatic carbocycles. The molecule has 1 unspecified atom stereocenters. The molecule has 8 heteroatoms. The van der Waals surface area contributed by atoms with E-state index in [-0.39, 0.29) is 6.04 Å². The van der Waals surface area contributed by atoms with Crippen LogP contribution in [0, 0.1) is 0 Å². The second kappa shape index (κ2) is 8.82. The maximum Gasteiger partial charge on any atom is 0.401 e. The zero-order valence-corrected chi connectivity index (χ0v) is 15.6. The van der Waals surface area contributed by atoms with E-state index in [0.29, 0.717) is 38.1 Å². The fraction of sp³-hybridized carbons (Fsp3) is 0.632. The van der Waals surface area contributed by atoms with Crippen molar-refractivity contribution >= 4 is 5.96 Å². The standard InChI is InChI=1S/C19H27F3N4O/c1-23-18(25-15-9-10-26(12-15)13-19(20,21)22)24-11-14-5-2-3-8-17(14)27-16-6-4-7-16/h2-3,5,8,15-16H,4,6-7,9-13H2,1H3,(H2,23,24,25). The highest BCUT2D eigenvalue weighted by atomic mass is 19.4. The monoisotopic (exact) mass is 384 g/mol. The van der Waals surface area contributed by atoms with Crippen molar-refractivity contribution in [1.29, 1.82) is 0 Å². The molecular weight excluding hydrogens is 357 g/mol. The van der Waals surface area contributed by atoms with E-state index in [1.807, 2.05) is 24.3 Å². The van der Waals surface area contributed by atoms with Crippen molar-refractivity contribution in [2.45, 2.75) is 50.6 Å². The predicted molar refractivity (Wildman–Crippen MR) is 98.9 cm³/mol.